The summed E-state index contributed by atoms with van der Waals surface area (Å²) in [4.78, 5) is 5.33. The minimum atomic E-state index is 0.760. The molecule has 0 spiro atoms. The maximum absolute atomic E-state index is 5.66. The molecule has 1 N–H and O–H groups in total. The van der Waals surface area contributed by atoms with Gasteiger partial charge >= 0.3 is 0 Å². The Labute approximate surface area is 175 Å². The van der Waals surface area contributed by atoms with Crippen molar-refractivity contribution in [3.05, 3.63) is 63.0 Å². The van der Waals surface area contributed by atoms with Gasteiger partial charge in [0.05, 0.1) is 0 Å². The van der Waals surface area contributed by atoms with Gasteiger partial charge in [-0.2, -0.15) is 0 Å². The molecule has 0 aliphatic carbocycles. The van der Waals surface area contributed by atoms with E-state index in [-0.39, 0.29) is 0 Å². The number of hydrogen-bond donors (Lipinski definition) is 1. The van der Waals surface area contributed by atoms with Crippen LogP contribution in [0.25, 0.3) is 0 Å². The van der Waals surface area contributed by atoms with Crippen LogP contribution in [0.1, 0.15) is 5.56 Å². The van der Waals surface area contributed by atoms with Crippen LogP contribution in [0.15, 0.2) is 57.5 Å². The van der Waals surface area contributed by atoms with Crippen LogP contribution in [0, 0.1) is 0 Å². The van der Waals surface area contributed by atoms with E-state index in [1.807, 2.05) is 36.4 Å². The molecule has 130 valence electrons. The molecule has 0 bridgehead atoms. The van der Waals surface area contributed by atoms with Gasteiger partial charge < -0.3 is 15.1 Å². The van der Waals surface area contributed by atoms with Gasteiger partial charge in [-0.05, 0) is 48.6 Å². The highest BCUT2D eigenvalue weighted by atomic mass is 79.9. The second kappa shape index (κ2) is 8.58. The van der Waals surface area contributed by atoms with Gasteiger partial charge in [-0.3, -0.25) is 0 Å². The molecule has 7 heteroatoms. The number of hydrogen-bond acceptors (Lipinski definition) is 2. The summed E-state index contributed by atoms with van der Waals surface area (Å²) in [6.45, 7) is 3.45. The molecule has 0 amide bonds. The van der Waals surface area contributed by atoms with Gasteiger partial charge in [0.2, 0.25) is 0 Å². The van der Waals surface area contributed by atoms with Crippen LogP contribution in [0.2, 0.25) is 0 Å². The minimum absolute atomic E-state index is 0.760. The molecule has 2 aromatic carbocycles. The summed E-state index contributed by atoms with van der Waals surface area (Å²) in [5.41, 5.74) is 2.08. The quantitative estimate of drug-likeness (QED) is 0.591. The predicted molar refractivity (Wildman–Crippen MR) is 119 cm³/mol. The zero-order valence-corrected chi connectivity index (χ0v) is 18.2. The highest BCUT2D eigenvalue weighted by Crippen LogP contribution is 2.17. The van der Waals surface area contributed by atoms with E-state index in [2.05, 4.69) is 59.1 Å². The number of nitrogens with one attached hydrogen (secondary N) is 1. The van der Waals surface area contributed by atoms with Crippen LogP contribution >= 0.6 is 56.3 Å². The zero-order valence-electron chi connectivity index (χ0n) is 13.4. The Morgan fingerprint density at radius 2 is 1.48 bits per heavy atom. The predicted octanol–water partition coefficient (Wildman–Crippen LogP) is 4.90. The van der Waals surface area contributed by atoms with Crippen molar-refractivity contribution in [1.29, 1.82) is 0 Å². The fraction of sp³-hybridized carbons (Fsp3) is 0.222. The molecule has 0 atom stereocenters. The molecule has 0 unspecified atom stereocenters. The summed E-state index contributed by atoms with van der Waals surface area (Å²) in [6, 6.07) is 16.2. The molecule has 0 aromatic heterocycles. The largest absolute Gasteiger partial charge is 0.359 e. The average molecular weight is 499 g/mol. The lowest BCUT2D eigenvalue weighted by Gasteiger charge is -2.37. The fourth-order valence-corrected chi connectivity index (χ4v) is 3.93. The first-order chi connectivity index (χ1) is 12.0. The van der Waals surface area contributed by atoms with Crippen molar-refractivity contribution in [2.45, 2.75) is 0 Å². The third kappa shape index (κ3) is 5.00. The van der Waals surface area contributed by atoms with E-state index in [9.17, 15) is 0 Å². The number of rotatable bonds is 2. The Hall–Kier alpha value is -1.02. The second-order valence-corrected chi connectivity index (χ2v) is 8.33. The maximum Gasteiger partial charge on any atom is 0.173 e. The normalized spacial score (nSPS) is 14.3. The Morgan fingerprint density at radius 1 is 0.840 bits per heavy atom. The molecule has 1 aliphatic heterocycles. The molecular formula is C18H17Br2N3S2. The summed E-state index contributed by atoms with van der Waals surface area (Å²) in [6.07, 6.45) is 0. The van der Waals surface area contributed by atoms with Crippen LogP contribution in [-0.4, -0.2) is 46.1 Å². The van der Waals surface area contributed by atoms with Crippen LogP contribution in [0.5, 0.6) is 0 Å². The smallest absolute Gasteiger partial charge is 0.173 e. The number of benzene rings is 2. The maximum atomic E-state index is 5.66. The third-order valence-corrected chi connectivity index (χ3v) is 5.90. The Bertz CT molecular complexity index is 772. The molecule has 1 saturated heterocycles. The van der Waals surface area contributed by atoms with Crippen molar-refractivity contribution in [2.75, 3.05) is 31.5 Å². The summed E-state index contributed by atoms with van der Waals surface area (Å²) in [5.74, 6) is 0. The highest BCUT2D eigenvalue weighted by molar-refractivity contribution is 9.10. The second-order valence-electron chi connectivity index (χ2n) is 5.73. The van der Waals surface area contributed by atoms with Crippen molar-refractivity contribution in [3.8, 4) is 0 Å². The monoisotopic (exact) mass is 497 g/mol. The zero-order chi connectivity index (χ0) is 17.8. The van der Waals surface area contributed by atoms with E-state index in [0.717, 1.165) is 56.5 Å². The SMILES string of the molecule is S=C(Nc1ccc(Br)cc1)N1CCN(C(=S)c2cccc(Br)c2)CC1. The first kappa shape index (κ1) is 18.8. The Morgan fingerprint density at radius 3 is 2.12 bits per heavy atom. The first-order valence-electron chi connectivity index (χ1n) is 7.89. The van der Waals surface area contributed by atoms with E-state index in [4.69, 9.17) is 24.4 Å². The number of piperazine rings is 1. The van der Waals surface area contributed by atoms with E-state index >= 15 is 0 Å². The summed E-state index contributed by atoms with van der Waals surface area (Å²) in [7, 11) is 0. The van der Waals surface area contributed by atoms with Crippen molar-refractivity contribution in [1.82, 2.24) is 9.80 Å². The standard InChI is InChI=1S/C18H17Br2N3S2/c19-14-4-6-16(7-5-14)21-18(25)23-10-8-22(9-11-23)17(24)13-2-1-3-15(20)12-13/h1-7,12H,8-11H2,(H,21,25). The fourth-order valence-electron chi connectivity index (χ4n) is 2.65. The van der Waals surface area contributed by atoms with Gasteiger partial charge in [0.15, 0.2) is 5.11 Å². The Kier molecular flexibility index (Phi) is 6.44. The lowest BCUT2D eigenvalue weighted by Crippen LogP contribution is -2.51. The van der Waals surface area contributed by atoms with Crippen molar-refractivity contribution in [2.24, 2.45) is 0 Å². The summed E-state index contributed by atoms with van der Waals surface area (Å²) in [5, 5.41) is 4.06. The minimum Gasteiger partial charge on any atom is -0.359 e. The molecule has 1 aliphatic rings. The van der Waals surface area contributed by atoms with Gasteiger partial charge in [0, 0.05) is 46.4 Å². The van der Waals surface area contributed by atoms with E-state index in [0.29, 0.717) is 0 Å². The molecule has 3 nitrogen and oxygen atoms in total. The molecule has 2 aromatic rings. The third-order valence-electron chi connectivity index (χ3n) is 4.02. The number of anilines is 1. The van der Waals surface area contributed by atoms with E-state index in [1.165, 1.54) is 0 Å². The van der Waals surface area contributed by atoms with Crippen LogP contribution in [0.3, 0.4) is 0 Å². The van der Waals surface area contributed by atoms with Gasteiger partial charge in [-0.15, -0.1) is 0 Å². The van der Waals surface area contributed by atoms with Crippen molar-refractivity contribution >= 4 is 72.1 Å². The number of nitrogens with zero attached hydrogens (tertiary/aromatic N) is 2. The molecule has 3 rings (SSSR count). The van der Waals surface area contributed by atoms with Gasteiger partial charge in [0.25, 0.3) is 0 Å². The van der Waals surface area contributed by atoms with E-state index < -0.39 is 0 Å². The molecule has 0 radical (unpaired) electrons. The topological polar surface area (TPSA) is 18.5 Å². The lowest BCUT2D eigenvalue weighted by molar-refractivity contribution is 0.264. The average Bonchev–Trinajstić information content (AvgIpc) is 2.63. The van der Waals surface area contributed by atoms with Gasteiger partial charge in [-0.1, -0.05) is 56.2 Å². The first-order valence-corrected chi connectivity index (χ1v) is 10.3. The summed E-state index contributed by atoms with van der Waals surface area (Å²) >= 11 is 18.1. The molecule has 0 saturated carbocycles. The van der Waals surface area contributed by atoms with E-state index in [1.54, 1.807) is 0 Å². The molecule has 1 heterocycles. The number of thiocarbonyl (C=S) groups is 2. The lowest BCUT2D eigenvalue weighted by atomic mass is 10.2. The van der Waals surface area contributed by atoms with Crippen LogP contribution in [-0.2, 0) is 0 Å². The van der Waals surface area contributed by atoms with Gasteiger partial charge in [-0.25, -0.2) is 0 Å². The molecular weight excluding hydrogens is 482 g/mol. The highest BCUT2D eigenvalue weighted by Gasteiger charge is 2.21. The molecule has 1 fully saturated rings. The number of halogens is 2. The van der Waals surface area contributed by atoms with Crippen LogP contribution in [0.4, 0.5) is 5.69 Å². The molecule has 25 heavy (non-hydrogen) atoms. The van der Waals surface area contributed by atoms with Crippen molar-refractivity contribution in [3.63, 3.8) is 0 Å². The summed E-state index contributed by atoms with van der Waals surface area (Å²) < 4.78 is 2.10. The van der Waals surface area contributed by atoms with Gasteiger partial charge in [0.1, 0.15) is 4.99 Å². The Balaban J connectivity index is 1.55. The van der Waals surface area contributed by atoms with Crippen LogP contribution < -0.4 is 5.32 Å². The van der Waals surface area contributed by atoms with Crippen molar-refractivity contribution < 1.29 is 0 Å².